The van der Waals surface area contributed by atoms with Gasteiger partial charge in [0.2, 0.25) is 11.8 Å². The molecule has 0 saturated heterocycles. The lowest BCUT2D eigenvalue weighted by Crippen LogP contribution is -2.25. The highest BCUT2D eigenvalue weighted by atomic mass is 16.3. The molecule has 3 aromatic rings. The summed E-state index contributed by atoms with van der Waals surface area (Å²) in [4.78, 5) is 35.6. The van der Waals surface area contributed by atoms with E-state index in [1.807, 2.05) is 53.5 Å². The Morgan fingerprint density at radius 2 is 1.62 bits per heavy atom. The fraction of sp³-hybridized carbons (Fsp3) is 0. The zero-order valence-electron chi connectivity index (χ0n) is 13.5. The molecule has 8 nitrogen and oxygen atoms in total. The summed E-state index contributed by atoms with van der Waals surface area (Å²) in [6.45, 7) is 0. The maximum Gasteiger partial charge on any atom is 0.328 e. The van der Waals surface area contributed by atoms with Gasteiger partial charge in [0.05, 0.1) is 5.69 Å². The van der Waals surface area contributed by atoms with Crippen molar-refractivity contribution < 1.29 is 5.11 Å². The minimum absolute atomic E-state index is 0.180. The fourth-order valence-electron chi connectivity index (χ4n) is 2.09. The number of hydrogen-bond acceptors (Lipinski definition) is 4. The molecule has 2 aromatic carbocycles. The molecule has 1 heterocycles. The van der Waals surface area contributed by atoms with Crippen LogP contribution in [0.5, 0.6) is 5.88 Å². The number of aliphatic imine (C=N–C) groups is 2. The molecule has 0 aliphatic carbocycles. The summed E-state index contributed by atoms with van der Waals surface area (Å²) in [6.07, 6.45) is 1.13. The smallest absolute Gasteiger partial charge is 0.328 e. The molecule has 0 unspecified atom stereocenters. The third-order valence-corrected chi connectivity index (χ3v) is 3.30. The van der Waals surface area contributed by atoms with Crippen molar-refractivity contribution in [1.29, 1.82) is 0 Å². The summed E-state index contributed by atoms with van der Waals surface area (Å²) in [5, 5.41) is 12.8. The number of anilines is 1. The van der Waals surface area contributed by atoms with Crippen molar-refractivity contribution in [3.63, 3.8) is 0 Å². The highest BCUT2D eigenvalue weighted by molar-refractivity contribution is 6.02. The van der Waals surface area contributed by atoms with Gasteiger partial charge in [-0.25, -0.2) is 14.8 Å². The number of para-hydroxylation sites is 2. The van der Waals surface area contributed by atoms with Gasteiger partial charge in [-0.2, -0.15) is 0 Å². The maximum atomic E-state index is 11.8. The second-order valence-corrected chi connectivity index (χ2v) is 5.19. The lowest BCUT2D eigenvalue weighted by atomic mass is 10.3. The van der Waals surface area contributed by atoms with Crippen molar-refractivity contribution in [2.24, 2.45) is 9.98 Å². The molecule has 0 saturated carbocycles. The van der Waals surface area contributed by atoms with Gasteiger partial charge in [-0.1, -0.05) is 36.4 Å². The fourth-order valence-corrected chi connectivity index (χ4v) is 2.09. The summed E-state index contributed by atoms with van der Waals surface area (Å²) in [7, 11) is 0. The van der Waals surface area contributed by atoms with Gasteiger partial charge in [0.25, 0.3) is 5.56 Å². The first-order valence-electron chi connectivity index (χ1n) is 7.67. The molecular formula is C18H15N5O3. The molecule has 0 radical (unpaired) electrons. The SMILES string of the molecule is O=c1[nH]c(O)c(/C=N/C(=Nc2ccccc2)Nc2ccccc2)c(=O)[nH]1. The molecule has 130 valence electrons. The second-order valence-electron chi connectivity index (χ2n) is 5.19. The van der Waals surface area contributed by atoms with Gasteiger partial charge in [0, 0.05) is 11.9 Å². The van der Waals surface area contributed by atoms with Crippen molar-refractivity contribution in [3.8, 4) is 5.88 Å². The van der Waals surface area contributed by atoms with E-state index in [1.165, 1.54) is 0 Å². The predicted molar refractivity (Wildman–Crippen MR) is 101 cm³/mol. The molecule has 8 heteroatoms. The van der Waals surface area contributed by atoms with E-state index in [0.717, 1.165) is 11.9 Å². The van der Waals surface area contributed by atoms with Gasteiger partial charge in [0.1, 0.15) is 5.56 Å². The monoisotopic (exact) mass is 349 g/mol. The molecule has 26 heavy (non-hydrogen) atoms. The van der Waals surface area contributed by atoms with E-state index in [2.05, 4.69) is 20.3 Å². The van der Waals surface area contributed by atoms with E-state index in [9.17, 15) is 14.7 Å². The Morgan fingerprint density at radius 3 is 2.27 bits per heavy atom. The van der Waals surface area contributed by atoms with Crippen LogP contribution in [0.1, 0.15) is 5.56 Å². The highest BCUT2D eigenvalue weighted by Gasteiger charge is 2.06. The Hall–Kier alpha value is -3.94. The van der Waals surface area contributed by atoms with Crippen LogP contribution in [0.15, 0.2) is 80.2 Å². The van der Waals surface area contributed by atoms with E-state index in [1.54, 1.807) is 12.1 Å². The average Bonchev–Trinajstić information content (AvgIpc) is 2.62. The van der Waals surface area contributed by atoms with Crippen molar-refractivity contribution in [3.05, 3.63) is 87.1 Å². The number of aromatic hydroxyl groups is 1. The minimum Gasteiger partial charge on any atom is -0.494 e. The molecule has 0 aliphatic heterocycles. The molecule has 4 N–H and O–H groups in total. The quantitative estimate of drug-likeness (QED) is 0.426. The van der Waals surface area contributed by atoms with Gasteiger partial charge in [-0.15, -0.1) is 0 Å². The van der Waals surface area contributed by atoms with Gasteiger partial charge >= 0.3 is 5.69 Å². The van der Waals surface area contributed by atoms with E-state index >= 15 is 0 Å². The van der Waals surface area contributed by atoms with Crippen LogP contribution in [-0.2, 0) is 0 Å². The van der Waals surface area contributed by atoms with Crippen molar-refractivity contribution in [1.82, 2.24) is 9.97 Å². The topological polar surface area (TPSA) is 123 Å². The van der Waals surface area contributed by atoms with E-state index in [4.69, 9.17) is 0 Å². The van der Waals surface area contributed by atoms with E-state index in [-0.39, 0.29) is 11.5 Å². The van der Waals surface area contributed by atoms with Gasteiger partial charge in [-0.05, 0) is 24.3 Å². The molecule has 0 spiro atoms. The molecule has 0 bridgehead atoms. The number of aromatic nitrogens is 2. The van der Waals surface area contributed by atoms with Crippen molar-refractivity contribution >= 4 is 23.5 Å². The highest BCUT2D eigenvalue weighted by Crippen LogP contribution is 2.13. The Morgan fingerprint density at radius 1 is 0.962 bits per heavy atom. The van der Waals surface area contributed by atoms with Crippen LogP contribution in [0, 0.1) is 0 Å². The first-order valence-corrected chi connectivity index (χ1v) is 7.67. The lowest BCUT2D eigenvalue weighted by Gasteiger charge is -2.06. The third kappa shape index (κ3) is 4.32. The van der Waals surface area contributed by atoms with Gasteiger partial charge in [-0.3, -0.25) is 14.8 Å². The molecule has 0 fully saturated rings. The molecular weight excluding hydrogens is 334 g/mol. The minimum atomic E-state index is -0.801. The number of nitrogens with one attached hydrogen (secondary N) is 3. The Balaban J connectivity index is 1.97. The zero-order valence-corrected chi connectivity index (χ0v) is 13.5. The van der Waals surface area contributed by atoms with Crippen molar-refractivity contribution in [2.75, 3.05) is 5.32 Å². The molecule has 0 atom stereocenters. The zero-order chi connectivity index (χ0) is 18.4. The first kappa shape index (κ1) is 16.9. The van der Waals surface area contributed by atoms with Crippen molar-refractivity contribution in [2.45, 2.75) is 0 Å². The third-order valence-electron chi connectivity index (χ3n) is 3.30. The Bertz CT molecular complexity index is 1050. The second kappa shape index (κ2) is 7.75. The number of H-pyrrole nitrogens is 2. The van der Waals surface area contributed by atoms with E-state index < -0.39 is 17.1 Å². The summed E-state index contributed by atoms with van der Waals surface area (Å²) in [6, 6.07) is 18.4. The van der Waals surface area contributed by atoms with Gasteiger partial charge < -0.3 is 10.4 Å². The Labute approximate surface area is 147 Å². The predicted octanol–water partition coefficient (Wildman–Crippen LogP) is 1.99. The molecule has 0 aliphatic rings. The summed E-state index contributed by atoms with van der Waals surface area (Å²) in [5.74, 6) is -0.367. The van der Waals surface area contributed by atoms with Crippen LogP contribution in [-0.4, -0.2) is 27.2 Å². The number of guanidine groups is 1. The van der Waals surface area contributed by atoms with Gasteiger partial charge in [0.15, 0.2) is 0 Å². The number of rotatable bonds is 3. The van der Waals surface area contributed by atoms with Crippen LogP contribution in [0.25, 0.3) is 0 Å². The summed E-state index contributed by atoms with van der Waals surface area (Å²) < 4.78 is 0. The van der Waals surface area contributed by atoms with Crippen LogP contribution in [0.4, 0.5) is 11.4 Å². The lowest BCUT2D eigenvalue weighted by molar-refractivity contribution is 0.447. The van der Waals surface area contributed by atoms with Crippen LogP contribution >= 0.6 is 0 Å². The van der Waals surface area contributed by atoms with E-state index in [0.29, 0.717) is 5.69 Å². The first-order chi connectivity index (χ1) is 12.6. The van der Waals surface area contributed by atoms with Crippen LogP contribution < -0.4 is 16.6 Å². The van der Waals surface area contributed by atoms with Crippen LogP contribution in [0.3, 0.4) is 0 Å². The molecule has 1 aromatic heterocycles. The maximum absolute atomic E-state index is 11.8. The Kier molecular flexibility index (Phi) is 5.04. The number of hydrogen-bond donors (Lipinski definition) is 4. The normalized spacial score (nSPS) is 11.6. The molecule has 0 amide bonds. The standard InChI is InChI=1S/C18H15N5O3/c24-15-14(16(25)23-18(26)22-15)11-19-17(20-12-7-3-1-4-8-12)21-13-9-5-2-6-10-13/h1-11H,(H,20,21)(H3,22,23,24,25,26)/b19-11+. The summed E-state index contributed by atoms with van der Waals surface area (Å²) >= 11 is 0. The van der Waals surface area contributed by atoms with Crippen LogP contribution in [0.2, 0.25) is 0 Å². The number of aromatic amines is 2. The number of benzene rings is 2. The average molecular weight is 349 g/mol. The largest absolute Gasteiger partial charge is 0.494 e. The summed E-state index contributed by atoms with van der Waals surface area (Å²) in [5.41, 5.74) is -0.333. The molecule has 3 rings (SSSR count). The number of nitrogens with zero attached hydrogens (tertiary/aromatic N) is 2.